The van der Waals surface area contributed by atoms with E-state index in [-0.39, 0.29) is 0 Å². The second kappa shape index (κ2) is 2.73. The largest absolute Gasteiger partial charge is 0.300 e. The van der Waals surface area contributed by atoms with E-state index in [2.05, 4.69) is 20.8 Å². The van der Waals surface area contributed by atoms with E-state index in [4.69, 9.17) is 0 Å². The minimum absolute atomic E-state index is 0.464. The van der Waals surface area contributed by atoms with Gasteiger partial charge in [0.25, 0.3) is 0 Å². The quantitative estimate of drug-likeness (QED) is 0.546. The summed E-state index contributed by atoms with van der Waals surface area (Å²) in [6, 6.07) is 0. The van der Waals surface area contributed by atoms with Gasteiger partial charge in [-0.3, -0.25) is 4.79 Å². The van der Waals surface area contributed by atoms with Gasteiger partial charge in [-0.1, -0.05) is 20.8 Å². The number of carbonyl (C=O) groups is 1. The molecule has 1 heteroatoms. The number of rotatable bonds is 1. The van der Waals surface area contributed by atoms with Gasteiger partial charge in [-0.25, -0.2) is 0 Å². The lowest BCUT2D eigenvalue weighted by atomic mass is 9.87. The molecule has 0 N–H and O–H groups in total. The van der Waals surface area contributed by atoms with Crippen molar-refractivity contribution in [1.29, 1.82) is 0 Å². The van der Waals surface area contributed by atoms with Gasteiger partial charge < -0.3 is 0 Å². The Hall–Kier alpha value is -0.330. The molecule has 1 saturated carbocycles. The summed E-state index contributed by atoms with van der Waals surface area (Å²) in [5.74, 6) is 2.44. The van der Waals surface area contributed by atoms with Crippen LogP contribution in [0.2, 0.25) is 0 Å². The maximum atomic E-state index is 11.0. The van der Waals surface area contributed by atoms with Gasteiger partial charge in [0.1, 0.15) is 5.78 Å². The molecule has 0 heterocycles. The summed E-state index contributed by atoms with van der Waals surface area (Å²) in [7, 11) is 0. The van der Waals surface area contributed by atoms with E-state index >= 15 is 0 Å². The first-order valence-electron chi connectivity index (χ1n) is 4.13. The lowest BCUT2D eigenvalue weighted by Crippen LogP contribution is -2.10. The van der Waals surface area contributed by atoms with Crippen LogP contribution >= 0.6 is 0 Å². The lowest BCUT2D eigenvalue weighted by Gasteiger charge is -2.17. The standard InChI is InChI=1S/C9H16O/c1-6(2)9-5-8(10)4-7(9)3/h6-7,9H,4-5H2,1-3H3/t7-,9+/m1/s1. The van der Waals surface area contributed by atoms with Crippen LogP contribution in [-0.4, -0.2) is 5.78 Å². The van der Waals surface area contributed by atoms with Crippen molar-refractivity contribution in [2.24, 2.45) is 17.8 Å². The third-order valence-electron chi connectivity index (χ3n) is 2.60. The fourth-order valence-electron chi connectivity index (χ4n) is 1.95. The molecule has 58 valence electrons. The second-order valence-corrected chi connectivity index (χ2v) is 3.83. The average Bonchev–Trinajstić information content (AvgIpc) is 2.10. The monoisotopic (exact) mass is 140 g/mol. The summed E-state index contributed by atoms with van der Waals surface area (Å²) >= 11 is 0. The van der Waals surface area contributed by atoms with Crippen LogP contribution in [0.3, 0.4) is 0 Å². The first-order chi connectivity index (χ1) is 4.61. The Morgan fingerprint density at radius 3 is 2.20 bits per heavy atom. The highest BCUT2D eigenvalue weighted by atomic mass is 16.1. The van der Waals surface area contributed by atoms with E-state index in [0.29, 0.717) is 23.5 Å². The van der Waals surface area contributed by atoms with Gasteiger partial charge in [-0.15, -0.1) is 0 Å². The lowest BCUT2D eigenvalue weighted by molar-refractivity contribution is -0.117. The number of ketones is 1. The molecule has 1 nitrogen and oxygen atoms in total. The molecule has 0 aliphatic heterocycles. The van der Waals surface area contributed by atoms with Gasteiger partial charge in [0.15, 0.2) is 0 Å². The molecular formula is C9H16O. The Balaban J connectivity index is 2.54. The topological polar surface area (TPSA) is 17.1 Å². The number of hydrogen-bond acceptors (Lipinski definition) is 1. The first-order valence-corrected chi connectivity index (χ1v) is 4.13. The predicted molar refractivity (Wildman–Crippen MR) is 41.7 cm³/mol. The van der Waals surface area contributed by atoms with Crippen LogP contribution < -0.4 is 0 Å². The van der Waals surface area contributed by atoms with Crippen LogP contribution in [-0.2, 0) is 4.79 Å². The van der Waals surface area contributed by atoms with Crippen molar-refractivity contribution >= 4 is 5.78 Å². The molecule has 10 heavy (non-hydrogen) atoms. The summed E-state index contributed by atoms with van der Waals surface area (Å²) in [5, 5.41) is 0. The molecule has 0 aromatic rings. The predicted octanol–water partition coefficient (Wildman–Crippen LogP) is 2.26. The van der Waals surface area contributed by atoms with Crippen molar-refractivity contribution in [1.82, 2.24) is 0 Å². The molecule has 0 amide bonds. The highest BCUT2D eigenvalue weighted by molar-refractivity contribution is 5.81. The third-order valence-corrected chi connectivity index (χ3v) is 2.60. The Labute approximate surface area is 62.8 Å². The molecule has 0 bridgehead atoms. The minimum atomic E-state index is 0.464. The van der Waals surface area contributed by atoms with E-state index < -0.39 is 0 Å². The smallest absolute Gasteiger partial charge is 0.133 e. The van der Waals surface area contributed by atoms with E-state index in [9.17, 15) is 4.79 Å². The van der Waals surface area contributed by atoms with E-state index in [1.165, 1.54) is 0 Å². The Kier molecular flexibility index (Phi) is 2.12. The average molecular weight is 140 g/mol. The molecule has 2 atom stereocenters. The van der Waals surface area contributed by atoms with Gasteiger partial charge in [-0.05, 0) is 17.8 Å². The summed E-state index contributed by atoms with van der Waals surface area (Å²) in [5.41, 5.74) is 0. The molecule has 0 spiro atoms. The molecule has 0 unspecified atom stereocenters. The van der Waals surface area contributed by atoms with Crippen molar-refractivity contribution in [3.8, 4) is 0 Å². The Morgan fingerprint density at radius 2 is 2.00 bits per heavy atom. The number of carbonyl (C=O) groups excluding carboxylic acids is 1. The molecule has 0 saturated heterocycles. The zero-order chi connectivity index (χ0) is 7.72. The number of Topliss-reactive ketones (excluding diaryl/α,β-unsaturated/α-hetero) is 1. The van der Waals surface area contributed by atoms with E-state index in [1.807, 2.05) is 0 Å². The second-order valence-electron chi connectivity index (χ2n) is 3.83. The summed E-state index contributed by atoms with van der Waals surface area (Å²) in [4.78, 5) is 11.0. The highest BCUT2D eigenvalue weighted by Gasteiger charge is 2.31. The zero-order valence-corrected chi connectivity index (χ0v) is 7.05. The SMILES string of the molecule is CC(C)[C@@H]1CC(=O)C[C@H]1C. The van der Waals surface area contributed by atoms with Crippen molar-refractivity contribution in [3.63, 3.8) is 0 Å². The minimum Gasteiger partial charge on any atom is -0.300 e. The molecule has 0 aromatic carbocycles. The van der Waals surface area contributed by atoms with Gasteiger partial charge >= 0.3 is 0 Å². The number of hydrogen-bond donors (Lipinski definition) is 0. The fraction of sp³-hybridized carbons (Fsp3) is 0.889. The zero-order valence-electron chi connectivity index (χ0n) is 7.05. The first kappa shape index (κ1) is 7.77. The van der Waals surface area contributed by atoms with Gasteiger partial charge in [0.05, 0.1) is 0 Å². The van der Waals surface area contributed by atoms with Crippen LogP contribution in [0.5, 0.6) is 0 Å². The highest BCUT2D eigenvalue weighted by Crippen LogP contribution is 2.33. The summed E-state index contributed by atoms with van der Waals surface area (Å²) in [6.45, 7) is 6.61. The van der Waals surface area contributed by atoms with Crippen LogP contribution in [0.15, 0.2) is 0 Å². The van der Waals surface area contributed by atoms with Crippen molar-refractivity contribution in [3.05, 3.63) is 0 Å². The molecule has 0 radical (unpaired) electrons. The third kappa shape index (κ3) is 1.39. The maximum Gasteiger partial charge on any atom is 0.133 e. The van der Waals surface area contributed by atoms with E-state index in [1.54, 1.807) is 0 Å². The fourth-order valence-corrected chi connectivity index (χ4v) is 1.95. The van der Waals surface area contributed by atoms with Gasteiger partial charge in [0, 0.05) is 12.8 Å². The molecule has 0 aromatic heterocycles. The van der Waals surface area contributed by atoms with E-state index in [0.717, 1.165) is 12.8 Å². The van der Waals surface area contributed by atoms with Crippen LogP contribution in [0.1, 0.15) is 33.6 Å². The molecule has 1 fully saturated rings. The van der Waals surface area contributed by atoms with Gasteiger partial charge in [-0.2, -0.15) is 0 Å². The molecule has 1 rings (SSSR count). The Bertz CT molecular complexity index is 138. The van der Waals surface area contributed by atoms with Gasteiger partial charge in [0.2, 0.25) is 0 Å². The molecule has 1 aliphatic carbocycles. The molecular weight excluding hydrogens is 124 g/mol. The maximum absolute atomic E-state index is 11.0. The van der Waals surface area contributed by atoms with Crippen molar-refractivity contribution < 1.29 is 4.79 Å². The van der Waals surface area contributed by atoms with Crippen LogP contribution in [0, 0.1) is 17.8 Å². The summed E-state index contributed by atoms with van der Waals surface area (Å²) in [6.07, 6.45) is 1.65. The van der Waals surface area contributed by atoms with Crippen LogP contribution in [0.4, 0.5) is 0 Å². The Morgan fingerprint density at radius 1 is 1.40 bits per heavy atom. The molecule has 1 aliphatic rings. The van der Waals surface area contributed by atoms with Crippen LogP contribution in [0.25, 0.3) is 0 Å². The van der Waals surface area contributed by atoms with Crippen molar-refractivity contribution in [2.45, 2.75) is 33.6 Å². The normalized spacial score (nSPS) is 33.8. The van der Waals surface area contributed by atoms with Crippen molar-refractivity contribution in [2.75, 3.05) is 0 Å². The summed E-state index contributed by atoms with van der Waals surface area (Å²) < 4.78 is 0.